The molecule has 0 spiro atoms. The average molecular weight is 282 g/mol. The fourth-order valence-electron chi connectivity index (χ4n) is 0.346. The van der Waals surface area contributed by atoms with E-state index in [0.29, 0.717) is 0 Å². The van der Waals surface area contributed by atoms with E-state index >= 15 is 0 Å². The second-order valence-corrected chi connectivity index (χ2v) is 2.03. The monoisotopic (exact) mass is 282 g/mol. The topological polar surface area (TPSA) is 0 Å². The Balaban J connectivity index is 0.000000360. The van der Waals surface area contributed by atoms with Crippen LogP contribution < -0.4 is 0 Å². The zero-order chi connectivity index (χ0) is 4.24. The van der Waals surface area contributed by atoms with Gasteiger partial charge in [0.25, 0.3) is 0 Å². The predicted octanol–water partition coefficient (Wildman–Crippen LogP) is 1.80. The van der Waals surface area contributed by atoms with Gasteiger partial charge in [-0.05, 0) is 5.41 Å². The van der Waals surface area contributed by atoms with E-state index in [0.717, 1.165) is 5.75 Å². The first-order valence-electron chi connectivity index (χ1n) is 1.93. The molecule has 0 saturated heterocycles. The molecule has 1 heterocycles. The molecule has 0 bridgehead atoms. The minimum atomic E-state index is 0. The van der Waals surface area contributed by atoms with Crippen LogP contribution in [0.1, 0.15) is 0 Å². The van der Waals surface area contributed by atoms with Gasteiger partial charge in [-0.1, -0.05) is 18.2 Å². The Labute approximate surface area is 62.3 Å². The molecule has 7 heavy (non-hydrogen) atoms. The second kappa shape index (κ2) is 4.67. The third-order valence-corrected chi connectivity index (χ3v) is 1.35. The fraction of sp³-hybridized carbons (Fsp3) is 0.200. The molecule has 0 nitrogen and oxygen atoms in total. The molecule has 0 fully saturated rings. The summed E-state index contributed by atoms with van der Waals surface area (Å²) >= 11 is 1.83. The van der Waals surface area contributed by atoms with E-state index in [2.05, 4.69) is 17.6 Å². The van der Waals surface area contributed by atoms with Gasteiger partial charge in [-0.2, -0.15) is 0 Å². The van der Waals surface area contributed by atoms with E-state index in [9.17, 15) is 0 Å². The normalized spacial score (nSPS) is 16.0. The maximum atomic E-state index is 2.14. The van der Waals surface area contributed by atoms with Crippen molar-refractivity contribution in [1.82, 2.24) is 0 Å². The van der Waals surface area contributed by atoms with Crippen molar-refractivity contribution in [2.75, 3.05) is 5.75 Å². The Morgan fingerprint density at radius 2 is 2.14 bits per heavy atom. The molecule has 0 amide bonds. The van der Waals surface area contributed by atoms with Crippen LogP contribution in [-0.2, 0) is 21.1 Å². The molecule has 0 aromatic heterocycles. The van der Waals surface area contributed by atoms with Crippen molar-refractivity contribution in [3.8, 4) is 0 Å². The number of thioether (sulfide) groups is 1. The predicted molar refractivity (Wildman–Crippen MR) is 30.7 cm³/mol. The van der Waals surface area contributed by atoms with Crippen molar-refractivity contribution in [3.63, 3.8) is 0 Å². The summed E-state index contributed by atoms with van der Waals surface area (Å²) < 4.78 is 0. The zero-order valence-corrected chi connectivity index (χ0v) is 7.58. The molecule has 1 aliphatic rings. The smallest absolute Gasteiger partial charge is 0.0157 e. The number of rotatable bonds is 0. The number of hydrogen-bond acceptors (Lipinski definition) is 1. The minimum Gasteiger partial charge on any atom is -0.130 e. The molecule has 2 heteroatoms. The summed E-state index contributed by atoms with van der Waals surface area (Å²) in [5.74, 6) is 1.15. The SMILES string of the molecule is C1=CCSC=C1.[W]. The maximum absolute atomic E-state index is 2.14. The Morgan fingerprint density at radius 1 is 1.29 bits per heavy atom. The van der Waals surface area contributed by atoms with Crippen LogP contribution in [0.25, 0.3) is 0 Å². The Bertz CT molecular complexity index is 74.1. The summed E-state index contributed by atoms with van der Waals surface area (Å²) in [6.45, 7) is 0. The minimum absolute atomic E-state index is 0. The third kappa shape index (κ3) is 3.13. The largest absolute Gasteiger partial charge is 0.130 e. The molecule has 0 aromatic rings. The van der Waals surface area contributed by atoms with E-state index in [-0.39, 0.29) is 21.1 Å². The summed E-state index contributed by atoms with van der Waals surface area (Å²) in [5, 5.41) is 2.10. The van der Waals surface area contributed by atoms with Crippen LogP contribution in [0.2, 0.25) is 0 Å². The fourth-order valence-corrected chi connectivity index (χ4v) is 0.881. The van der Waals surface area contributed by atoms with Crippen LogP contribution in [0.4, 0.5) is 0 Å². The molecule has 0 radical (unpaired) electrons. The molecule has 1 aliphatic heterocycles. The Kier molecular flexibility index (Phi) is 5.02. The summed E-state index contributed by atoms with van der Waals surface area (Å²) in [6.07, 6.45) is 6.26. The van der Waals surface area contributed by atoms with Crippen LogP contribution in [-0.4, -0.2) is 5.75 Å². The first-order valence-corrected chi connectivity index (χ1v) is 2.98. The van der Waals surface area contributed by atoms with Crippen molar-refractivity contribution in [1.29, 1.82) is 0 Å². The zero-order valence-electron chi connectivity index (χ0n) is 3.83. The Hall–Kier alpha value is 0.518. The first kappa shape index (κ1) is 7.52. The van der Waals surface area contributed by atoms with Gasteiger partial charge in [-0.25, -0.2) is 0 Å². The van der Waals surface area contributed by atoms with Crippen LogP contribution in [0.15, 0.2) is 23.6 Å². The summed E-state index contributed by atoms with van der Waals surface area (Å²) in [4.78, 5) is 0. The van der Waals surface area contributed by atoms with Gasteiger partial charge in [-0.3, -0.25) is 0 Å². The summed E-state index contributed by atoms with van der Waals surface area (Å²) in [5.41, 5.74) is 0. The van der Waals surface area contributed by atoms with Gasteiger partial charge >= 0.3 is 0 Å². The van der Waals surface area contributed by atoms with Crippen molar-refractivity contribution in [2.45, 2.75) is 0 Å². The molecule has 0 saturated carbocycles. The van der Waals surface area contributed by atoms with Gasteiger partial charge in [0.2, 0.25) is 0 Å². The van der Waals surface area contributed by atoms with Gasteiger partial charge in [0, 0.05) is 26.8 Å². The first-order chi connectivity index (χ1) is 3.00. The molecular weight excluding hydrogens is 276 g/mol. The van der Waals surface area contributed by atoms with Gasteiger partial charge in [0.05, 0.1) is 0 Å². The van der Waals surface area contributed by atoms with Crippen LogP contribution >= 0.6 is 11.8 Å². The van der Waals surface area contributed by atoms with Crippen molar-refractivity contribution in [3.05, 3.63) is 23.6 Å². The van der Waals surface area contributed by atoms with Crippen molar-refractivity contribution >= 4 is 11.8 Å². The van der Waals surface area contributed by atoms with Crippen molar-refractivity contribution < 1.29 is 21.1 Å². The van der Waals surface area contributed by atoms with Gasteiger partial charge in [0.15, 0.2) is 0 Å². The third-order valence-electron chi connectivity index (χ3n) is 0.614. The van der Waals surface area contributed by atoms with E-state index < -0.39 is 0 Å². The van der Waals surface area contributed by atoms with Crippen molar-refractivity contribution in [2.24, 2.45) is 0 Å². The number of allylic oxidation sites excluding steroid dienone is 2. The molecule has 0 unspecified atom stereocenters. The molecule has 0 N–H and O–H groups in total. The second-order valence-electron chi connectivity index (χ2n) is 1.09. The quantitative estimate of drug-likeness (QED) is 0.653. The standard InChI is InChI=1S/C5H6S.W/c1-2-4-6-5-3-1;/h1-4H,5H2;. The van der Waals surface area contributed by atoms with E-state index in [1.165, 1.54) is 0 Å². The van der Waals surface area contributed by atoms with E-state index in [1.807, 2.05) is 17.8 Å². The van der Waals surface area contributed by atoms with E-state index in [4.69, 9.17) is 0 Å². The molecule has 1 rings (SSSR count). The van der Waals surface area contributed by atoms with Gasteiger partial charge < -0.3 is 0 Å². The van der Waals surface area contributed by atoms with Crippen LogP contribution in [0.5, 0.6) is 0 Å². The molecule has 38 valence electrons. The molecule has 0 aliphatic carbocycles. The molecule has 0 atom stereocenters. The average Bonchev–Trinajstić information content (AvgIpc) is 1.72. The van der Waals surface area contributed by atoms with Gasteiger partial charge in [-0.15, -0.1) is 11.8 Å². The summed E-state index contributed by atoms with van der Waals surface area (Å²) in [7, 11) is 0. The maximum Gasteiger partial charge on any atom is 0.0157 e. The van der Waals surface area contributed by atoms with Gasteiger partial charge in [0.1, 0.15) is 0 Å². The van der Waals surface area contributed by atoms with Crippen LogP contribution in [0.3, 0.4) is 0 Å². The summed E-state index contributed by atoms with van der Waals surface area (Å²) in [6, 6.07) is 0. The molecular formula is C5H6SW. The Morgan fingerprint density at radius 3 is 2.29 bits per heavy atom. The van der Waals surface area contributed by atoms with E-state index in [1.54, 1.807) is 0 Å². The van der Waals surface area contributed by atoms with Crippen LogP contribution in [0, 0.1) is 0 Å². The number of hydrogen-bond donors (Lipinski definition) is 0. The molecule has 0 aromatic carbocycles.